The van der Waals surface area contributed by atoms with E-state index in [1.165, 1.54) is 77.0 Å². The number of unbranched alkanes of at least 4 members (excludes halogenated alkanes) is 12. The smallest absolute Gasteiger partial charge is 0.206 e. The van der Waals surface area contributed by atoms with Gasteiger partial charge in [0.15, 0.2) is 0 Å². The lowest BCUT2D eigenvalue weighted by molar-refractivity contribution is -0.111. The highest BCUT2D eigenvalue weighted by Gasteiger charge is 2.35. The van der Waals surface area contributed by atoms with Crippen LogP contribution in [0.25, 0.3) is 0 Å². The number of rotatable bonds is 14. The molecule has 0 aromatic heterocycles. The largest absolute Gasteiger partial charge is 0.287 e. The molecule has 0 N–H and O–H groups in total. The van der Waals surface area contributed by atoms with Crippen LogP contribution in [0.2, 0.25) is 0 Å². The maximum absolute atomic E-state index is 12.1. The second-order valence-electron chi connectivity index (χ2n) is 7.23. The van der Waals surface area contributed by atoms with Gasteiger partial charge in [0.25, 0.3) is 0 Å². The van der Waals surface area contributed by atoms with E-state index in [1.807, 2.05) is 6.08 Å². The van der Waals surface area contributed by atoms with Crippen molar-refractivity contribution >= 4 is 69.5 Å². The molecule has 1 nitrogen and oxygen atoms in total. The summed E-state index contributed by atoms with van der Waals surface area (Å²) in [6.45, 7) is 2.27. The minimum absolute atomic E-state index is 0.0317. The second-order valence-corrected chi connectivity index (χ2v) is 12.4. The molecule has 0 unspecified atom stereocenters. The number of alkyl halides is 2. The Hall–Kier alpha value is 1.07. The van der Waals surface area contributed by atoms with Crippen LogP contribution in [0.5, 0.6) is 0 Å². The van der Waals surface area contributed by atoms with Crippen LogP contribution in [0.3, 0.4) is 0 Å². The molecule has 0 fully saturated rings. The molecule has 1 aliphatic carbocycles. The highest BCUT2D eigenvalue weighted by molar-refractivity contribution is 9.25. The number of hydrogen-bond acceptors (Lipinski definition) is 1. The molecule has 0 aromatic carbocycles. The van der Waals surface area contributed by atoms with E-state index in [0.29, 0.717) is 8.96 Å². The van der Waals surface area contributed by atoms with Crippen LogP contribution in [-0.4, -0.2) is 9.02 Å². The maximum Gasteiger partial charge on any atom is 0.206 e. The van der Waals surface area contributed by atoms with Gasteiger partial charge in [-0.05, 0) is 56.4 Å². The number of allylic oxidation sites excluding steroid dienone is 4. The van der Waals surface area contributed by atoms with E-state index >= 15 is 0 Å². The number of ketones is 1. The zero-order valence-electron chi connectivity index (χ0n) is 15.9. The summed E-state index contributed by atoms with van der Waals surface area (Å²) in [5.74, 6) is 0.0317. The van der Waals surface area contributed by atoms with Crippen molar-refractivity contribution in [3.8, 4) is 0 Å². The standard InChI is InChI=1S/C21H32Br4O/c1-2-3-4-5-6-7-8-9-10-11-12-13-14-15-17-19(23)20(26)18(22)16-21(17,24)25/h16H,2-15H2,1H3. The minimum atomic E-state index is -0.414. The van der Waals surface area contributed by atoms with Gasteiger partial charge >= 0.3 is 0 Å². The van der Waals surface area contributed by atoms with E-state index in [0.717, 1.165) is 18.4 Å². The molecule has 0 spiro atoms. The fraction of sp³-hybridized carbons (Fsp3) is 0.762. The van der Waals surface area contributed by atoms with Crippen molar-refractivity contribution in [3.63, 3.8) is 0 Å². The summed E-state index contributed by atoms with van der Waals surface area (Å²) in [4.78, 5) is 12.1. The molecule has 1 rings (SSSR count). The van der Waals surface area contributed by atoms with Crippen LogP contribution in [0, 0.1) is 0 Å². The normalized spacial score (nSPS) is 17.0. The maximum atomic E-state index is 12.1. The van der Waals surface area contributed by atoms with Crippen LogP contribution in [0.15, 0.2) is 20.6 Å². The molecule has 0 radical (unpaired) electrons. The first-order valence-electron chi connectivity index (χ1n) is 10.1. The van der Waals surface area contributed by atoms with E-state index < -0.39 is 3.23 Å². The number of Topliss-reactive ketones (excluding diaryl/α,β-unsaturated/α-hetero) is 1. The summed E-state index contributed by atoms with van der Waals surface area (Å²) in [5, 5.41) is 0. The van der Waals surface area contributed by atoms with Crippen molar-refractivity contribution in [3.05, 3.63) is 20.6 Å². The summed E-state index contributed by atoms with van der Waals surface area (Å²) in [7, 11) is 0. The Morgan fingerprint density at radius 3 is 1.65 bits per heavy atom. The highest BCUT2D eigenvalue weighted by Crippen LogP contribution is 2.47. The number of hydrogen-bond donors (Lipinski definition) is 0. The minimum Gasteiger partial charge on any atom is -0.287 e. The molecular weight excluding hydrogens is 588 g/mol. The van der Waals surface area contributed by atoms with Crippen LogP contribution in [0.4, 0.5) is 0 Å². The Morgan fingerprint density at radius 2 is 1.19 bits per heavy atom. The highest BCUT2D eigenvalue weighted by atomic mass is 79.9. The van der Waals surface area contributed by atoms with Crippen molar-refractivity contribution in [2.45, 2.75) is 100 Å². The fourth-order valence-corrected chi connectivity index (χ4v) is 7.23. The Kier molecular flexibility index (Phi) is 13.6. The van der Waals surface area contributed by atoms with Gasteiger partial charge in [-0.1, -0.05) is 116 Å². The summed E-state index contributed by atoms with van der Waals surface area (Å²) in [6.07, 6.45) is 20.4. The zero-order valence-corrected chi connectivity index (χ0v) is 22.2. The van der Waals surface area contributed by atoms with Crippen molar-refractivity contribution < 1.29 is 4.79 Å². The third-order valence-electron chi connectivity index (χ3n) is 4.92. The van der Waals surface area contributed by atoms with Gasteiger partial charge in [-0.25, -0.2) is 0 Å². The van der Waals surface area contributed by atoms with Crippen LogP contribution in [-0.2, 0) is 4.79 Å². The van der Waals surface area contributed by atoms with Crippen molar-refractivity contribution in [1.29, 1.82) is 0 Å². The molecule has 0 aliphatic heterocycles. The van der Waals surface area contributed by atoms with Crippen LogP contribution >= 0.6 is 63.7 Å². The summed E-state index contributed by atoms with van der Waals surface area (Å²) in [5.41, 5.74) is 1.09. The molecule has 0 atom stereocenters. The molecule has 0 aromatic rings. The van der Waals surface area contributed by atoms with Crippen LogP contribution in [0.1, 0.15) is 96.8 Å². The zero-order chi connectivity index (χ0) is 19.4. The summed E-state index contributed by atoms with van der Waals surface area (Å²) in [6, 6.07) is 0. The molecule has 0 heterocycles. The van der Waals surface area contributed by atoms with Gasteiger partial charge in [0, 0.05) is 0 Å². The predicted molar refractivity (Wildman–Crippen MR) is 129 cm³/mol. The molecule has 26 heavy (non-hydrogen) atoms. The Bertz CT molecular complexity index is 494. The Labute approximate surface area is 193 Å². The first-order valence-corrected chi connectivity index (χ1v) is 13.3. The van der Waals surface area contributed by atoms with Gasteiger partial charge in [0.1, 0.15) is 3.23 Å². The second kappa shape index (κ2) is 14.1. The van der Waals surface area contributed by atoms with Gasteiger partial charge in [-0.15, -0.1) is 0 Å². The average molecular weight is 620 g/mol. The molecular formula is C21H32Br4O. The van der Waals surface area contributed by atoms with Crippen molar-refractivity contribution in [1.82, 2.24) is 0 Å². The molecule has 5 heteroatoms. The monoisotopic (exact) mass is 616 g/mol. The predicted octanol–water partition coefficient (Wildman–Crippen LogP) is 9.46. The van der Waals surface area contributed by atoms with E-state index in [2.05, 4.69) is 70.6 Å². The van der Waals surface area contributed by atoms with Crippen molar-refractivity contribution in [2.24, 2.45) is 0 Å². The topological polar surface area (TPSA) is 17.1 Å². The number of carbonyl (C=O) groups excluding carboxylic acids is 1. The molecule has 0 bridgehead atoms. The third kappa shape index (κ3) is 9.52. The molecule has 150 valence electrons. The average Bonchev–Trinajstić information content (AvgIpc) is 2.59. The molecule has 1 aliphatic rings. The Balaban J connectivity index is 2.06. The van der Waals surface area contributed by atoms with Crippen LogP contribution < -0.4 is 0 Å². The SMILES string of the molecule is CCCCCCCCCCCCCCCC1=C(Br)C(=O)C(Br)=CC1(Br)Br. The lowest BCUT2D eigenvalue weighted by Crippen LogP contribution is -2.21. The van der Waals surface area contributed by atoms with E-state index in [-0.39, 0.29) is 5.78 Å². The first-order chi connectivity index (χ1) is 12.4. The quantitative estimate of drug-likeness (QED) is 0.140. The Morgan fingerprint density at radius 1 is 0.769 bits per heavy atom. The van der Waals surface area contributed by atoms with Gasteiger partial charge in [-0.2, -0.15) is 0 Å². The van der Waals surface area contributed by atoms with Crippen molar-refractivity contribution in [2.75, 3.05) is 0 Å². The first kappa shape index (κ1) is 25.1. The van der Waals surface area contributed by atoms with E-state index in [1.54, 1.807) is 0 Å². The fourth-order valence-electron chi connectivity index (χ4n) is 3.30. The van der Waals surface area contributed by atoms with Gasteiger partial charge in [-0.3, -0.25) is 4.79 Å². The van der Waals surface area contributed by atoms with Gasteiger partial charge in [0.05, 0.1) is 8.96 Å². The number of carbonyl (C=O) groups is 1. The lowest BCUT2D eigenvalue weighted by Gasteiger charge is -2.26. The third-order valence-corrected chi connectivity index (χ3v) is 7.76. The van der Waals surface area contributed by atoms with E-state index in [4.69, 9.17) is 0 Å². The van der Waals surface area contributed by atoms with Gasteiger partial charge in [0.2, 0.25) is 5.78 Å². The summed E-state index contributed by atoms with van der Waals surface area (Å²) >= 11 is 14.2. The number of halogens is 4. The van der Waals surface area contributed by atoms with Gasteiger partial charge < -0.3 is 0 Å². The van der Waals surface area contributed by atoms with E-state index in [9.17, 15) is 4.79 Å². The summed E-state index contributed by atoms with van der Waals surface area (Å²) < 4.78 is 0.856. The molecule has 0 saturated carbocycles. The molecule has 0 amide bonds. The lowest BCUT2D eigenvalue weighted by atomic mass is 9.98. The molecule has 0 saturated heterocycles.